The zero-order valence-corrected chi connectivity index (χ0v) is 17.2. The SMILES string of the molecule is CCN(CC)C(CNC(=O)Cc1c[nH]c2ccc(F)cc12)c1cccc(OC)c1. The van der Waals surface area contributed by atoms with Gasteiger partial charge in [0.2, 0.25) is 5.91 Å². The molecule has 6 heteroatoms. The first-order valence-electron chi connectivity index (χ1n) is 9.95. The number of benzene rings is 2. The summed E-state index contributed by atoms with van der Waals surface area (Å²) in [4.78, 5) is 18.0. The minimum absolute atomic E-state index is 0.0458. The van der Waals surface area contributed by atoms with Crippen molar-refractivity contribution < 1.29 is 13.9 Å². The Balaban J connectivity index is 1.72. The van der Waals surface area contributed by atoms with Gasteiger partial charge in [-0.2, -0.15) is 0 Å². The molecule has 0 radical (unpaired) electrons. The number of amides is 1. The van der Waals surface area contributed by atoms with Gasteiger partial charge in [-0.15, -0.1) is 0 Å². The van der Waals surface area contributed by atoms with E-state index in [0.717, 1.165) is 40.9 Å². The van der Waals surface area contributed by atoms with Gasteiger partial charge in [-0.3, -0.25) is 9.69 Å². The number of ether oxygens (including phenoxy) is 1. The number of hydrogen-bond acceptors (Lipinski definition) is 3. The molecule has 2 aromatic carbocycles. The second-order valence-corrected chi connectivity index (χ2v) is 7.00. The summed E-state index contributed by atoms with van der Waals surface area (Å²) < 4.78 is 18.9. The monoisotopic (exact) mass is 397 g/mol. The number of carbonyl (C=O) groups excluding carboxylic acids is 1. The van der Waals surface area contributed by atoms with Crippen LogP contribution in [0.3, 0.4) is 0 Å². The highest BCUT2D eigenvalue weighted by molar-refractivity contribution is 5.88. The number of hydrogen-bond donors (Lipinski definition) is 2. The Bertz CT molecular complexity index is 966. The van der Waals surface area contributed by atoms with E-state index in [2.05, 4.69) is 35.1 Å². The van der Waals surface area contributed by atoms with Crippen LogP contribution in [0.4, 0.5) is 4.39 Å². The first kappa shape index (κ1) is 20.9. The largest absolute Gasteiger partial charge is 0.497 e. The van der Waals surface area contributed by atoms with Crippen LogP contribution in [0.1, 0.15) is 31.0 Å². The molecule has 0 bridgehead atoms. The second kappa shape index (κ2) is 9.56. The molecular formula is C23H28FN3O2. The number of nitrogens with one attached hydrogen (secondary N) is 2. The van der Waals surface area contributed by atoms with Gasteiger partial charge in [0, 0.05) is 23.6 Å². The topological polar surface area (TPSA) is 57.4 Å². The lowest BCUT2D eigenvalue weighted by molar-refractivity contribution is -0.120. The Morgan fingerprint density at radius 2 is 2.00 bits per heavy atom. The van der Waals surface area contributed by atoms with E-state index < -0.39 is 0 Å². The number of halogens is 1. The quantitative estimate of drug-likeness (QED) is 0.573. The van der Waals surface area contributed by atoms with Gasteiger partial charge in [-0.1, -0.05) is 26.0 Å². The smallest absolute Gasteiger partial charge is 0.224 e. The van der Waals surface area contributed by atoms with Crippen LogP contribution in [-0.4, -0.2) is 42.5 Å². The van der Waals surface area contributed by atoms with E-state index in [-0.39, 0.29) is 24.2 Å². The Morgan fingerprint density at radius 1 is 1.21 bits per heavy atom. The number of fused-ring (bicyclic) bond motifs is 1. The molecule has 0 saturated heterocycles. The van der Waals surface area contributed by atoms with Gasteiger partial charge in [0.15, 0.2) is 0 Å². The van der Waals surface area contributed by atoms with Crippen LogP contribution in [0.5, 0.6) is 5.75 Å². The van der Waals surface area contributed by atoms with Crippen LogP contribution in [0.15, 0.2) is 48.7 Å². The molecule has 3 rings (SSSR count). The number of carbonyl (C=O) groups is 1. The maximum Gasteiger partial charge on any atom is 0.224 e. The first-order chi connectivity index (χ1) is 14.0. The summed E-state index contributed by atoms with van der Waals surface area (Å²) in [6.07, 6.45) is 1.97. The lowest BCUT2D eigenvalue weighted by atomic mass is 10.0. The maximum absolute atomic E-state index is 13.6. The molecule has 0 aliphatic carbocycles. The van der Waals surface area contributed by atoms with Crippen molar-refractivity contribution >= 4 is 16.8 Å². The second-order valence-electron chi connectivity index (χ2n) is 7.00. The van der Waals surface area contributed by atoms with Gasteiger partial charge in [0.25, 0.3) is 0 Å². The van der Waals surface area contributed by atoms with E-state index in [9.17, 15) is 9.18 Å². The minimum Gasteiger partial charge on any atom is -0.497 e. The highest BCUT2D eigenvalue weighted by Crippen LogP contribution is 2.24. The molecule has 1 unspecified atom stereocenters. The molecule has 0 fully saturated rings. The third-order valence-corrected chi connectivity index (χ3v) is 5.30. The highest BCUT2D eigenvalue weighted by atomic mass is 19.1. The molecule has 0 aliphatic heterocycles. The fourth-order valence-electron chi connectivity index (χ4n) is 3.71. The maximum atomic E-state index is 13.6. The van der Waals surface area contributed by atoms with Crippen molar-refractivity contribution in [2.45, 2.75) is 26.3 Å². The zero-order chi connectivity index (χ0) is 20.8. The molecule has 3 aromatic rings. The van der Waals surface area contributed by atoms with Crippen molar-refractivity contribution in [3.05, 3.63) is 65.6 Å². The van der Waals surface area contributed by atoms with Gasteiger partial charge in [0.05, 0.1) is 19.6 Å². The van der Waals surface area contributed by atoms with Crippen LogP contribution >= 0.6 is 0 Å². The number of H-pyrrole nitrogens is 1. The van der Waals surface area contributed by atoms with E-state index in [0.29, 0.717) is 6.54 Å². The molecule has 1 atom stereocenters. The minimum atomic E-state index is -0.307. The van der Waals surface area contributed by atoms with E-state index in [1.54, 1.807) is 19.4 Å². The van der Waals surface area contributed by atoms with Gasteiger partial charge in [-0.25, -0.2) is 4.39 Å². The molecule has 1 amide bonds. The summed E-state index contributed by atoms with van der Waals surface area (Å²) in [5.74, 6) is 0.403. The number of aromatic nitrogens is 1. The van der Waals surface area contributed by atoms with Gasteiger partial charge in [-0.05, 0) is 54.5 Å². The van der Waals surface area contributed by atoms with Crippen molar-refractivity contribution in [3.8, 4) is 5.75 Å². The van der Waals surface area contributed by atoms with Gasteiger partial charge < -0.3 is 15.0 Å². The summed E-state index contributed by atoms with van der Waals surface area (Å²) in [5, 5.41) is 3.80. The van der Waals surface area contributed by atoms with Crippen molar-refractivity contribution in [2.75, 3.05) is 26.7 Å². The molecule has 1 aromatic heterocycles. The predicted molar refractivity (Wildman–Crippen MR) is 114 cm³/mol. The number of nitrogens with zero attached hydrogens (tertiary/aromatic N) is 1. The van der Waals surface area contributed by atoms with Gasteiger partial charge in [0.1, 0.15) is 11.6 Å². The van der Waals surface area contributed by atoms with E-state index in [1.807, 2.05) is 18.2 Å². The van der Waals surface area contributed by atoms with Crippen LogP contribution < -0.4 is 10.1 Å². The van der Waals surface area contributed by atoms with Crippen LogP contribution in [-0.2, 0) is 11.2 Å². The standard InChI is InChI=1S/C23H28FN3O2/c1-4-27(5-2)22(16-7-6-8-19(11-16)29-3)15-26-23(28)12-17-14-25-21-10-9-18(24)13-20(17)21/h6-11,13-14,22,25H,4-5,12,15H2,1-3H3,(H,26,28). The van der Waals surface area contributed by atoms with Crippen molar-refractivity contribution in [3.63, 3.8) is 0 Å². The van der Waals surface area contributed by atoms with Crippen molar-refractivity contribution in [2.24, 2.45) is 0 Å². The Morgan fingerprint density at radius 3 is 2.72 bits per heavy atom. The molecule has 5 nitrogen and oxygen atoms in total. The van der Waals surface area contributed by atoms with Crippen LogP contribution in [0.25, 0.3) is 10.9 Å². The summed E-state index contributed by atoms with van der Waals surface area (Å²) in [6, 6.07) is 12.5. The number of methoxy groups -OCH3 is 1. The highest BCUT2D eigenvalue weighted by Gasteiger charge is 2.20. The number of likely N-dealkylation sites (N-methyl/N-ethyl adjacent to an activating group) is 1. The summed E-state index contributed by atoms with van der Waals surface area (Å²) in [7, 11) is 1.65. The zero-order valence-electron chi connectivity index (χ0n) is 17.2. The van der Waals surface area contributed by atoms with E-state index >= 15 is 0 Å². The number of aromatic amines is 1. The molecule has 1 heterocycles. The van der Waals surface area contributed by atoms with Crippen molar-refractivity contribution in [1.82, 2.24) is 15.2 Å². The fourth-order valence-corrected chi connectivity index (χ4v) is 3.71. The molecule has 2 N–H and O–H groups in total. The third kappa shape index (κ3) is 4.95. The van der Waals surface area contributed by atoms with Crippen LogP contribution in [0.2, 0.25) is 0 Å². The molecule has 29 heavy (non-hydrogen) atoms. The Hall–Kier alpha value is -2.86. The average Bonchev–Trinajstić information content (AvgIpc) is 3.12. The van der Waals surface area contributed by atoms with Crippen LogP contribution in [0, 0.1) is 5.82 Å². The molecule has 0 saturated carbocycles. The molecular weight excluding hydrogens is 369 g/mol. The molecule has 0 spiro atoms. The summed E-state index contributed by atoms with van der Waals surface area (Å²) in [5.41, 5.74) is 2.71. The summed E-state index contributed by atoms with van der Waals surface area (Å²) >= 11 is 0. The van der Waals surface area contributed by atoms with E-state index in [1.165, 1.54) is 12.1 Å². The molecule has 0 aliphatic rings. The average molecular weight is 397 g/mol. The van der Waals surface area contributed by atoms with Crippen molar-refractivity contribution in [1.29, 1.82) is 0 Å². The Kier molecular flexibility index (Phi) is 6.88. The lowest BCUT2D eigenvalue weighted by Gasteiger charge is -2.30. The first-order valence-corrected chi connectivity index (χ1v) is 9.95. The normalized spacial score (nSPS) is 12.3. The number of rotatable bonds is 9. The molecule has 154 valence electrons. The predicted octanol–water partition coefficient (Wildman–Crippen LogP) is 4.06. The fraction of sp³-hybridized carbons (Fsp3) is 0.348. The Labute approximate surface area is 170 Å². The van der Waals surface area contributed by atoms with Gasteiger partial charge >= 0.3 is 0 Å². The van der Waals surface area contributed by atoms with E-state index in [4.69, 9.17) is 4.74 Å². The lowest BCUT2D eigenvalue weighted by Crippen LogP contribution is -2.38. The third-order valence-electron chi connectivity index (χ3n) is 5.30. The summed E-state index contributed by atoms with van der Waals surface area (Å²) in [6.45, 7) is 6.45.